The van der Waals surface area contributed by atoms with Gasteiger partial charge >= 0.3 is 0 Å². The Kier molecular flexibility index (Phi) is 4.35. The first-order valence-electron chi connectivity index (χ1n) is 4.86. The maximum atomic E-state index is 10.2. The van der Waals surface area contributed by atoms with Gasteiger partial charge in [-0.2, -0.15) is 0 Å². The maximum absolute atomic E-state index is 10.2. The lowest BCUT2D eigenvalue weighted by Gasteiger charge is -1.93. The zero-order valence-electron chi connectivity index (χ0n) is 9.03. The lowest BCUT2D eigenvalue weighted by Crippen LogP contribution is -1.98. The molecule has 78 valence electrons. The molecule has 0 spiro atoms. The van der Waals surface area contributed by atoms with Crippen LogP contribution in [0.2, 0.25) is 0 Å². The average Bonchev–Trinajstić information content (AvgIpc) is 2.25. The number of hydrogen-bond donors (Lipinski definition) is 1. The number of pyridine rings is 1. The quantitative estimate of drug-likeness (QED) is 0.698. The molecule has 2 rings (SSSR count). The summed E-state index contributed by atoms with van der Waals surface area (Å²) in [5.41, 5.74) is 2.68. The van der Waals surface area contributed by atoms with Crippen LogP contribution in [-0.4, -0.2) is 4.98 Å². The van der Waals surface area contributed by atoms with E-state index in [1.54, 1.807) is 18.3 Å². The molecule has 0 radical (unpaired) electrons. The largest absolute Gasteiger partial charge is 0.329 e. The van der Waals surface area contributed by atoms with Crippen LogP contribution in [0.25, 0.3) is 0 Å². The van der Waals surface area contributed by atoms with Crippen molar-refractivity contribution in [3.63, 3.8) is 0 Å². The van der Waals surface area contributed by atoms with E-state index in [1.165, 1.54) is 17.2 Å². The van der Waals surface area contributed by atoms with Gasteiger partial charge in [0.25, 0.3) is 0 Å². The summed E-state index contributed by atoms with van der Waals surface area (Å²) >= 11 is 0. The van der Waals surface area contributed by atoms with Crippen LogP contribution in [0.15, 0.2) is 53.5 Å². The fourth-order valence-electron chi connectivity index (χ4n) is 1.04. The van der Waals surface area contributed by atoms with Crippen molar-refractivity contribution in [3.8, 4) is 0 Å². The molecule has 0 aliphatic rings. The first-order valence-corrected chi connectivity index (χ1v) is 4.86. The van der Waals surface area contributed by atoms with Crippen LogP contribution in [0.1, 0.15) is 11.1 Å². The Hall–Kier alpha value is -1.83. The molecule has 2 nitrogen and oxygen atoms in total. The molecule has 0 atom stereocenters. The molecule has 2 aromatic rings. The molecular formula is C13H15NO. The topological polar surface area (TPSA) is 32.9 Å². The number of nitrogens with one attached hydrogen (secondary N) is 1. The lowest BCUT2D eigenvalue weighted by molar-refractivity contribution is 1.24. The molecule has 0 aliphatic heterocycles. The summed E-state index contributed by atoms with van der Waals surface area (Å²) in [5.74, 6) is 0. The van der Waals surface area contributed by atoms with E-state index in [2.05, 4.69) is 43.1 Å². The summed E-state index contributed by atoms with van der Waals surface area (Å²) in [4.78, 5) is 12.7. The highest BCUT2D eigenvalue weighted by molar-refractivity contribution is 5.23. The standard InChI is InChI=1S/C8H10.C5H5NO/c1-7-5-3-4-6-8(7)2;7-5-3-1-2-4-6-5/h3-6H,1-2H3;1-4H,(H,6,7). The Bertz CT molecular complexity index is 421. The van der Waals surface area contributed by atoms with Gasteiger partial charge in [-0.1, -0.05) is 30.3 Å². The minimum absolute atomic E-state index is 0.0532. The molecule has 1 heterocycles. The smallest absolute Gasteiger partial charge is 0.247 e. The molecule has 0 fully saturated rings. The molecule has 0 saturated heterocycles. The predicted molar refractivity (Wildman–Crippen MR) is 63.0 cm³/mol. The van der Waals surface area contributed by atoms with Crippen molar-refractivity contribution in [2.24, 2.45) is 0 Å². The molecule has 0 aliphatic carbocycles. The Balaban J connectivity index is 0.000000151. The zero-order chi connectivity index (χ0) is 11.1. The maximum Gasteiger partial charge on any atom is 0.247 e. The Morgan fingerprint density at radius 3 is 1.67 bits per heavy atom. The van der Waals surface area contributed by atoms with Crippen LogP contribution < -0.4 is 5.56 Å². The van der Waals surface area contributed by atoms with Crippen molar-refractivity contribution in [2.75, 3.05) is 0 Å². The number of aromatic nitrogens is 1. The van der Waals surface area contributed by atoms with E-state index in [0.29, 0.717) is 0 Å². The Morgan fingerprint density at radius 1 is 0.867 bits per heavy atom. The predicted octanol–water partition coefficient (Wildman–Crippen LogP) is 2.68. The normalized spacial score (nSPS) is 8.93. The van der Waals surface area contributed by atoms with Crippen molar-refractivity contribution in [3.05, 3.63) is 70.1 Å². The van der Waals surface area contributed by atoms with Gasteiger partial charge in [0.1, 0.15) is 0 Å². The highest BCUT2D eigenvalue weighted by Gasteiger charge is 1.83. The molecule has 0 unspecified atom stereocenters. The van der Waals surface area contributed by atoms with Crippen molar-refractivity contribution in [1.82, 2.24) is 4.98 Å². The van der Waals surface area contributed by atoms with Gasteiger partial charge in [-0.15, -0.1) is 0 Å². The minimum Gasteiger partial charge on any atom is -0.329 e. The molecular weight excluding hydrogens is 186 g/mol. The fourth-order valence-corrected chi connectivity index (χ4v) is 1.04. The summed E-state index contributed by atoms with van der Waals surface area (Å²) in [7, 11) is 0. The van der Waals surface area contributed by atoms with Crippen LogP contribution >= 0.6 is 0 Å². The highest BCUT2D eigenvalue weighted by Crippen LogP contribution is 2.02. The summed E-state index contributed by atoms with van der Waals surface area (Å²) in [6.45, 7) is 4.24. The molecule has 0 amide bonds. The van der Waals surface area contributed by atoms with Crippen LogP contribution in [0.3, 0.4) is 0 Å². The fraction of sp³-hybridized carbons (Fsp3) is 0.154. The molecule has 1 aromatic carbocycles. The highest BCUT2D eigenvalue weighted by atomic mass is 16.1. The van der Waals surface area contributed by atoms with E-state index in [4.69, 9.17) is 0 Å². The van der Waals surface area contributed by atoms with E-state index < -0.39 is 0 Å². The zero-order valence-corrected chi connectivity index (χ0v) is 9.03. The second kappa shape index (κ2) is 5.81. The number of benzene rings is 1. The SMILES string of the molecule is Cc1ccccc1C.O=c1cccc[nH]1. The van der Waals surface area contributed by atoms with Gasteiger partial charge in [-0.3, -0.25) is 4.79 Å². The monoisotopic (exact) mass is 201 g/mol. The molecule has 0 bridgehead atoms. The van der Waals surface area contributed by atoms with Gasteiger partial charge in [0.05, 0.1) is 0 Å². The van der Waals surface area contributed by atoms with E-state index in [9.17, 15) is 4.79 Å². The Morgan fingerprint density at radius 2 is 1.40 bits per heavy atom. The van der Waals surface area contributed by atoms with Gasteiger partial charge in [0, 0.05) is 12.3 Å². The van der Waals surface area contributed by atoms with Crippen LogP contribution in [0.5, 0.6) is 0 Å². The van der Waals surface area contributed by atoms with Gasteiger partial charge in [0.2, 0.25) is 5.56 Å². The van der Waals surface area contributed by atoms with Crippen LogP contribution in [-0.2, 0) is 0 Å². The van der Waals surface area contributed by atoms with Gasteiger partial charge in [0.15, 0.2) is 0 Å². The third-order valence-corrected chi connectivity index (χ3v) is 2.11. The number of hydrogen-bond acceptors (Lipinski definition) is 1. The van der Waals surface area contributed by atoms with E-state index in [-0.39, 0.29) is 5.56 Å². The second-order valence-electron chi connectivity index (χ2n) is 3.31. The van der Waals surface area contributed by atoms with Gasteiger partial charge in [-0.05, 0) is 31.0 Å². The van der Waals surface area contributed by atoms with E-state index >= 15 is 0 Å². The molecule has 1 aromatic heterocycles. The molecule has 15 heavy (non-hydrogen) atoms. The molecule has 0 saturated carbocycles. The van der Waals surface area contributed by atoms with Crippen LogP contribution in [0.4, 0.5) is 0 Å². The lowest BCUT2D eigenvalue weighted by atomic mass is 10.1. The van der Waals surface area contributed by atoms with Gasteiger partial charge in [-0.25, -0.2) is 0 Å². The second-order valence-corrected chi connectivity index (χ2v) is 3.31. The van der Waals surface area contributed by atoms with Crippen molar-refractivity contribution in [1.29, 1.82) is 0 Å². The third-order valence-electron chi connectivity index (χ3n) is 2.11. The summed E-state index contributed by atoms with van der Waals surface area (Å²) in [5, 5.41) is 0. The number of H-pyrrole nitrogens is 1. The van der Waals surface area contributed by atoms with Gasteiger partial charge < -0.3 is 4.98 Å². The number of rotatable bonds is 0. The summed E-state index contributed by atoms with van der Waals surface area (Å²) < 4.78 is 0. The Labute approximate surface area is 89.6 Å². The average molecular weight is 201 g/mol. The van der Waals surface area contributed by atoms with E-state index in [0.717, 1.165) is 0 Å². The van der Waals surface area contributed by atoms with Crippen molar-refractivity contribution in [2.45, 2.75) is 13.8 Å². The van der Waals surface area contributed by atoms with Crippen LogP contribution in [0, 0.1) is 13.8 Å². The first kappa shape index (κ1) is 11.2. The first-order chi connectivity index (χ1) is 7.20. The molecule has 2 heteroatoms. The number of aryl methyl sites for hydroxylation is 2. The third kappa shape index (κ3) is 4.27. The molecule has 1 N–H and O–H groups in total. The summed E-state index contributed by atoms with van der Waals surface area (Å²) in [6, 6.07) is 13.3. The van der Waals surface area contributed by atoms with E-state index in [1.807, 2.05) is 0 Å². The number of aromatic amines is 1. The minimum atomic E-state index is -0.0532. The van der Waals surface area contributed by atoms with Crippen molar-refractivity contribution < 1.29 is 0 Å². The summed E-state index contributed by atoms with van der Waals surface area (Å²) in [6.07, 6.45) is 1.60. The van der Waals surface area contributed by atoms with Crippen molar-refractivity contribution >= 4 is 0 Å².